The Kier molecular flexibility index (Phi) is 4.08. The minimum Gasteiger partial charge on any atom is -0.372 e. The van der Waals surface area contributed by atoms with Crippen molar-refractivity contribution in [3.63, 3.8) is 0 Å². The maximum absolute atomic E-state index is 12.2. The number of carbonyl (C=O) groups is 1. The first-order valence-electron chi connectivity index (χ1n) is 7.54. The van der Waals surface area contributed by atoms with Crippen molar-refractivity contribution in [2.75, 3.05) is 13.1 Å². The van der Waals surface area contributed by atoms with E-state index in [4.69, 9.17) is 4.74 Å². The molecule has 1 aromatic rings. The van der Waals surface area contributed by atoms with Gasteiger partial charge in [0, 0.05) is 37.7 Å². The average Bonchev–Trinajstić information content (AvgIpc) is 2.51. The number of hydrogen-bond donors (Lipinski definition) is 1. The first-order chi connectivity index (χ1) is 10.1. The highest BCUT2D eigenvalue weighted by atomic mass is 16.5. The van der Waals surface area contributed by atoms with Crippen molar-refractivity contribution in [1.82, 2.24) is 10.2 Å². The molecule has 4 heteroatoms. The Morgan fingerprint density at radius 2 is 2.00 bits per heavy atom. The van der Waals surface area contributed by atoms with Gasteiger partial charge in [-0.1, -0.05) is 36.9 Å². The lowest BCUT2D eigenvalue weighted by atomic mass is 9.95. The number of morpholine rings is 1. The van der Waals surface area contributed by atoms with E-state index in [-0.39, 0.29) is 11.9 Å². The van der Waals surface area contributed by atoms with Gasteiger partial charge in [0.2, 0.25) is 5.91 Å². The second-order valence-corrected chi connectivity index (χ2v) is 5.94. The number of benzene rings is 1. The Bertz CT molecular complexity index is 513. The number of nitrogens with one attached hydrogen (secondary N) is 1. The highest BCUT2D eigenvalue weighted by Gasteiger charge is 2.40. The summed E-state index contributed by atoms with van der Waals surface area (Å²) in [6.07, 6.45) is 1.87. The summed E-state index contributed by atoms with van der Waals surface area (Å²) in [5.74, 6) is -0.0634. The molecule has 1 aromatic carbocycles. The van der Waals surface area contributed by atoms with E-state index in [1.807, 2.05) is 30.3 Å². The van der Waals surface area contributed by atoms with Gasteiger partial charge in [-0.25, -0.2) is 0 Å². The zero-order chi connectivity index (χ0) is 14.8. The molecular formula is C17H22N2O2. The molecule has 3 aliphatic rings. The molecule has 21 heavy (non-hydrogen) atoms. The van der Waals surface area contributed by atoms with Gasteiger partial charge in [0.15, 0.2) is 0 Å². The fraction of sp³-hybridized carbons (Fsp3) is 0.471. The Morgan fingerprint density at radius 1 is 1.38 bits per heavy atom. The van der Waals surface area contributed by atoms with Crippen molar-refractivity contribution >= 4 is 5.91 Å². The summed E-state index contributed by atoms with van der Waals surface area (Å²) in [5, 5.41) is 2.94. The van der Waals surface area contributed by atoms with Gasteiger partial charge < -0.3 is 10.1 Å². The van der Waals surface area contributed by atoms with Crippen molar-refractivity contribution in [2.24, 2.45) is 0 Å². The molecule has 3 unspecified atom stereocenters. The fourth-order valence-corrected chi connectivity index (χ4v) is 3.01. The van der Waals surface area contributed by atoms with Crippen LogP contribution in [0.1, 0.15) is 18.9 Å². The molecule has 112 valence electrons. The summed E-state index contributed by atoms with van der Waals surface area (Å²) in [4.78, 5) is 14.5. The van der Waals surface area contributed by atoms with Crippen LogP contribution in [0.4, 0.5) is 0 Å². The largest absolute Gasteiger partial charge is 0.372 e. The Labute approximate surface area is 125 Å². The van der Waals surface area contributed by atoms with E-state index in [2.05, 4.69) is 23.7 Å². The lowest BCUT2D eigenvalue weighted by molar-refractivity contribution is -0.185. The van der Waals surface area contributed by atoms with Crippen LogP contribution in [0.3, 0.4) is 0 Å². The molecule has 1 amide bonds. The number of hydrogen-bond acceptors (Lipinski definition) is 3. The van der Waals surface area contributed by atoms with Crippen molar-refractivity contribution in [3.8, 4) is 0 Å². The molecule has 3 atom stereocenters. The molecule has 3 fully saturated rings. The Hall–Kier alpha value is -1.65. The van der Waals surface area contributed by atoms with E-state index in [1.165, 1.54) is 0 Å². The highest BCUT2D eigenvalue weighted by molar-refractivity contribution is 5.93. The summed E-state index contributed by atoms with van der Waals surface area (Å²) >= 11 is 0. The van der Waals surface area contributed by atoms with E-state index in [9.17, 15) is 4.79 Å². The molecular weight excluding hydrogens is 264 g/mol. The first-order valence-corrected chi connectivity index (χ1v) is 7.54. The minimum atomic E-state index is -0.0634. The molecule has 0 spiro atoms. The van der Waals surface area contributed by atoms with Crippen LogP contribution in [0.25, 0.3) is 0 Å². The van der Waals surface area contributed by atoms with Gasteiger partial charge in [-0.2, -0.15) is 0 Å². The molecule has 3 aliphatic heterocycles. The van der Waals surface area contributed by atoms with Gasteiger partial charge in [-0.15, -0.1) is 0 Å². The third-order valence-electron chi connectivity index (χ3n) is 4.43. The summed E-state index contributed by atoms with van der Waals surface area (Å²) in [6.45, 7) is 8.39. The van der Waals surface area contributed by atoms with Gasteiger partial charge in [0.25, 0.3) is 0 Å². The predicted molar refractivity (Wildman–Crippen MR) is 81.7 cm³/mol. The van der Waals surface area contributed by atoms with Crippen molar-refractivity contribution in [3.05, 3.63) is 48.0 Å². The average molecular weight is 286 g/mol. The normalized spacial score (nSPS) is 25.8. The number of fused-ring (bicyclic) bond motifs is 2. The minimum absolute atomic E-state index is 0.0634. The van der Waals surface area contributed by atoms with E-state index in [1.54, 1.807) is 0 Å². The lowest BCUT2D eigenvalue weighted by Gasteiger charge is -2.49. The van der Waals surface area contributed by atoms with Crippen LogP contribution in [0.5, 0.6) is 0 Å². The van der Waals surface area contributed by atoms with Crippen LogP contribution >= 0.6 is 0 Å². The maximum atomic E-state index is 12.2. The second kappa shape index (κ2) is 6.00. The predicted octanol–water partition coefficient (Wildman–Crippen LogP) is 1.72. The van der Waals surface area contributed by atoms with Crippen LogP contribution in [-0.4, -0.2) is 42.1 Å². The van der Waals surface area contributed by atoms with E-state index >= 15 is 0 Å². The quantitative estimate of drug-likeness (QED) is 0.838. The van der Waals surface area contributed by atoms with Gasteiger partial charge in [0.05, 0.1) is 12.2 Å². The zero-order valence-corrected chi connectivity index (χ0v) is 12.4. The van der Waals surface area contributed by atoms with Crippen LogP contribution in [0.15, 0.2) is 42.5 Å². The monoisotopic (exact) mass is 286 g/mol. The molecule has 2 bridgehead atoms. The molecule has 4 nitrogen and oxygen atoms in total. The number of amides is 1. The summed E-state index contributed by atoms with van der Waals surface area (Å²) in [5.41, 5.74) is 1.73. The number of carbonyl (C=O) groups excluding carboxylic acids is 1. The fourth-order valence-electron chi connectivity index (χ4n) is 3.01. The Balaban J connectivity index is 1.51. The van der Waals surface area contributed by atoms with Crippen LogP contribution in [-0.2, 0) is 16.1 Å². The summed E-state index contributed by atoms with van der Waals surface area (Å²) < 4.78 is 5.63. The van der Waals surface area contributed by atoms with Crippen LogP contribution in [0.2, 0.25) is 0 Å². The highest BCUT2D eigenvalue weighted by Crippen LogP contribution is 2.30. The molecule has 0 aliphatic carbocycles. The maximum Gasteiger partial charge on any atom is 0.248 e. The number of nitrogens with zero attached hydrogens (tertiary/aromatic N) is 1. The lowest BCUT2D eigenvalue weighted by Crippen LogP contribution is -2.60. The third kappa shape index (κ3) is 3.17. The standard InChI is InChI=1S/C17H22N2O2/c1-12(13(2)19-10-15-8-16(11-19)21-15)17(20)18-9-14-6-4-3-5-7-14/h3-7,13,15-16H,1,8-11H2,2H3,(H,18,20). The summed E-state index contributed by atoms with van der Waals surface area (Å²) in [7, 11) is 0. The Morgan fingerprint density at radius 3 is 2.62 bits per heavy atom. The molecule has 1 N–H and O–H groups in total. The van der Waals surface area contributed by atoms with Crippen LogP contribution in [0, 0.1) is 0 Å². The van der Waals surface area contributed by atoms with E-state index in [0.717, 1.165) is 25.1 Å². The molecule has 3 heterocycles. The smallest absolute Gasteiger partial charge is 0.248 e. The molecule has 3 saturated heterocycles. The molecule has 0 radical (unpaired) electrons. The number of piperidine rings is 1. The topological polar surface area (TPSA) is 41.6 Å². The molecule has 0 saturated carbocycles. The molecule has 0 aromatic heterocycles. The van der Waals surface area contributed by atoms with Crippen molar-refractivity contribution in [1.29, 1.82) is 0 Å². The SMILES string of the molecule is C=C(C(=O)NCc1ccccc1)C(C)N1CC2CC(C1)O2. The number of ether oxygens (including phenoxy) is 1. The first kappa shape index (κ1) is 14.3. The second-order valence-electron chi connectivity index (χ2n) is 5.94. The van der Waals surface area contributed by atoms with Gasteiger partial charge in [-0.05, 0) is 12.5 Å². The third-order valence-corrected chi connectivity index (χ3v) is 4.43. The molecule has 4 rings (SSSR count). The van der Waals surface area contributed by atoms with Crippen molar-refractivity contribution < 1.29 is 9.53 Å². The van der Waals surface area contributed by atoms with Gasteiger partial charge >= 0.3 is 0 Å². The summed E-state index contributed by atoms with van der Waals surface area (Å²) in [6, 6.07) is 9.98. The van der Waals surface area contributed by atoms with E-state index < -0.39 is 0 Å². The zero-order valence-electron chi connectivity index (χ0n) is 12.4. The van der Waals surface area contributed by atoms with Crippen LogP contribution < -0.4 is 5.32 Å². The van der Waals surface area contributed by atoms with E-state index in [0.29, 0.717) is 24.3 Å². The van der Waals surface area contributed by atoms with Gasteiger partial charge in [0.1, 0.15) is 0 Å². The van der Waals surface area contributed by atoms with Gasteiger partial charge in [-0.3, -0.25) is 9.69 Å². The number of rotatable bonds is 5. The van der Waals surface area contributed by atoms with Crippen molar-refractivity contribution in [2.45, 2.75) is 38.1 Å².